The number of amidine groups is 1. The molecule has 2 fully saturated rings. The van der Waals surface area contributed by atoms with E-state index >= 15 is 0 Å². The number of nitrogen functional groups attached to an aromatic ring is 1. The highest BCUT2D eigenvalue weighted by molar-refractivity contribution is 5.99. The van der Waals surface area contributed by atoms with Crippen molar-refractivity contribution in [1.82, 2.24) is 10.2 Å². The first-order valence-corrected chi connectivity index (χ1v) is 10.6. The molecule has 2 amide bonds. The second-order valence-electron chi connectivity index (χ2n) is 8.59. The van der Waals surface area contributed by atoms with Gasteiger partial charge in [-0.2, -0.15) is 0 Å². The number of nitrogens with zero attached hydrogens (tertiary/aromatic N) is 1. The van der Waals surface area contributed by atoms with Crippen LogP contribution >= 0.6 is 0 Å². The smallest absolute Gasteiger partial charge is 0.243 e. The highest BCUT2D eigenvalue weighted by atomic mass is 16.2. The number of nitrogens with two attached hydrogens (primary N) is 2. The summed E-state index contributed by atoms with van der Waals surface area (Å²) in [6, 6.07) is 6.54. The molecule has 3 rings (SSSR count). The van der Waals surface area contributed by atoms with Crippen LogP contribution in [0.4, 0.5) is 0 Å². The first-order chi connectivity index (χ1) is 13.8. The number of imide groups is 1. The molecule has 158 valence electrons. The first-order valence-electron chi connectivity index (χ1n) is 10.6. The molecule has 1 saturated carbocycles. The summed E-state index contributed by atoms with van der Waals surface area (Å²) in [6.07, 6.45) is 7.11. The molecule has 7 nitrogen and oxygen atoms in total. The van der Waals surface area contributed by atoms with Gasteiger partial charge in [0.25, 0.3) is 0 Å². The van der Waals surface area contributed by atoms with Crippen molar-refractivity contribution in [2.24, 2.45) is 23.3 Å². The highest BCUT2D eigenvalue weighted by Crippen LogP contribution is 2.38. The fourth-order valence-electron chi connectivity index (χ4n) is 4.68. The van der Waals surface area contributed by atoms with Crippen molar-refractivity contribution in [3.8, 4) is 0 Å². The van der Waals surface area contributed by atoms with Crippen LogP contribution in [0.3, 0.4) is 0 Å². The van der Waals surface area contributed by atoms with E-state index < -0.39 is 11.9 Å². The number of hydrogen-bond donors (Lipinski definition) is 4. The SMILES string of the molecule is C[C@H](N)C(=O)NC(=O)[C@@H]1CC(C2CCCCC2)CN1Cc1ccc(C(=N)N)cc1. The molecule has 6 N–H and O–H groups in total. The Kier molecular flexibility index (Phi) is 7.03. The second-order valence-corrected chi connectivity index (χ2v) is 8.59. The maximum absolute atomic E-state index is 12.9. The summed E-state index contributed by atoms with van der Waals surface area (Å²) < 4.78 is 0. The fraction of sp³-hybridized carbons (Fsp3) is 0.591. The molecule has 0 spiro atoms. The summed E-state index contributed by atoms with van der Waals surface area (Å²) in [4.78, 5) is 27.0. The number of benzene rings is 1. The van der Waals surface area contributed by atoms with E-state index in [9.17, 15) is 9.59 Å². The van der Waals surface area contributed by atoms with E-state index in [2.05, 4.69) is 10.2 Å². The molecule has 3 atom stereocenters. The number of carbonyl (C=O) groups is 2. The van der Waals surface area contributed by atoms with Crippen molar-refractivity contribution in [2.75, 3.05) is 6.54 Å². The van der Waals surface area contributed by atoms with Crippen LogP contribution in [0, 0.1) is 17.2 Å². The normalized spacial score (nSPS) is 24.2. The lowest BCUT2D eigenvalue weighted by molar-refractivity contribution is -0.133. The van der Waals surface area contributed by atoms with Gasteiger partial charge in [-0.15, -0.1) is 0 Å². The predicted octanol–water partition coefficient (Wildman–Crippen LogP) is 1.73. The molecule has 1 heterocycles. The lowest BCUT2D eigenvalue weighted by Gasteiger charge is -2.27. The molecular formula is C22H33N5O2. The Morgan fingerprint density at radius 2 is 1.83 bits per heavy atom. The third kappa shape index (κ3) is 5.42. The summed E-state index contributed by atoms with van der Waals surface area (Å²) in [5.41, 5.74) is 12.9. The Morgan fingerprint density at radius 3 is 2.41 bits per heavy atom. The van der Waals surface area contributed by atoms with Gasteiger partial charge in [0.2, 0.25) is 11.8 Å². The maximum atomic E-state index is 12.9. The van der Waals surface area contributed by atoms with Crippen LogP contribution in [0.2, 0.25) is 0 Å². The fourth-order valence-corrected chi connectivity index (χ4v) is 4.68. The monoisotopic (exact) mass is 399 g/mol. The average molecular weight is 400 g/mol. The Morgan fingerprint density at radius 1 is 1.17 bits per heavy atom. The van der Waals surface area contributed by atoms with E-state index in [1.54, 1.807) is 6.92 Å². The summed E-state index contributed by atoms with van der Waals surface area (Å²) in [5, 5.41) is 10.0. The van der Waals surface area contributed by atoms with Crippen LogP contribution in [0.15, 0.2) is 24.3 Å². The van der Waals surface area contributed by atoms with Gasteiger partial charge in [0.1, 0.15) is 5.84 Å². The average Bonchev–Trinajstić information content (AvgIpc) is 3.13. The number of rotatable bonds is 6. The minimum Gasteiger partial charge on any atom is -0.384 e. The van der Waals surface area contributed by atoms with E-state index in [0.29, 0.717) is 23.9 Å². The zero-order valence-electron chi connectivity index (χ0n) is 17.2. The van der Waals surface area contributed by atoms with Crippen LogP contribution in [0.25, 0.3) is 0 Å². The first kappa shape index (κ1) is 21.5. The molecular weight excluding hydrogens is 366 g/mol. The van der Waals surface area contributed by atoms with E-state index in [1.807, 2.05) is 24.3 Å². The van der Waals surface area contributed by atoms with Crippen molar-refractivity contribution in [3.63, 3.8) is 0 Å². The van der Waals surface area contributed by atoms with Crippen LogP contribution in [0.5, 0.6) is 0 Å². The second kappa shape index (κ2) is 9.50. The van der Waals surface area contributed by atoms with Crippen molar-refractivity contribution in [2.45, 2.75) is 64.1 Å². The highest BCUT2D eigenvalue weighted by Gasteiger charge is 2.40. The van der Waals surface area contributed by atoms with Crippen LogP contribution in [0.1, 0.15) is 56.6 Å². The third-order valence-corrected chi connectivity index (χ3v) is 6.37. The van der Waals surface area contributed by atoms with Gasteiger partial charge in [0, 0.05) is 18.7 Å². The van der Waals surface area contributed by atoms with Gasteiger partial charge in [-0.1, -0.05) is 56.4 Å². The van der Waals surface area contributed by atoms with Crippen molar-refractivity contribution < 1.29 is 9.59 Å². The van der Waals surface area contributed by atoms with Crippen LogP contribution in [-0.4, -0.2) is 41.2 Å². The zero-order chi connectivity index (χ0) is 21.0. The molecule has 1 aromatic carbocycles. The number of hydrogen-bond acceptors (Lipinski definition) is 5. The summed E-state index contributed by atoms with van der Waals surface area (Å²) in [5.74, 6) is 0.510. The molecule has 1 unspecified atom stereocenters. The molecule has 2 aliphatic rings. The van der Waals surface area contributed by atoms with Gasteiger partial charge in [0.05, 0.1) is 12.1 Å². The zero-order valence-corrected chi connectivity index (χ0v) is 17.2. The van der Waals surface area contributed by atoms with Crippen LogP contribution in [-0.2, 0) is 16.1 Å². The van der Waals surface area contributed by atoms with Crippen LogP contribution < -0.4 is 16.8 Å². The Bertz CT molecular complexity index is 740. The molecule has 1 aliphatic carbocycles. The molecule has 29 heavy (non-hydrogen) atoms. The van der Waals surface area contributed by atoms with E-state index in [0.717, 1.165) is 18.5 Å². The van der Waals surface area contributed by atoms with Crippen molar-refractivity contribution in [3.05, 3.63) is 35.4 Å². The lowest BCUT2D eigenvalue weighted by Crippen LogP contribution is -2.49. The van der Waals surface area contributed by atoms with Gasteiger partial charge < -0.3 is 11.5 Å². The molecule has 0 radical (unpaired) electrons. The minimum absolute atomic E-state index is 0.0433. The molecule has 1 aromatic rings. The lowest BCUT2D eigenvalue weighted by atomic mass is 9.79. The van der Waals surface area contributed by atoms with Gasteiger partial charge in [-0.05, 0) is 30.7 Å². The largest absolute Gasteiger partial charge is 0.384 e. The summed E-state index contributed by atoms with van der Waals surface area (Å²) >= 11 is 0. The maximum Gasteiger partial charge on any atom is 0.243 e. The van der Waals surface area contributed by atoms with E-state index in [-0.39, 0.29) is 17.8 Å². The Balaban J connectivity index is 1.73. The third-order valence-electron chi connectivity index (χ3n) is 6.37. The van der Waals surface area contributed by atoms with Crippen molar-refractivity contribution in [1.29, 1.82) is 5.41 Å². The molecule has 0 bridgehead atoms. The van der Waals surface area contributed by atoms with Gasteiger partial charge in [0.15, 0.2) is 0 Å². The molecule has 7 heteroatoms. The Labute approximate surface area is 172 Å². The van der Waals surface area contributed by atoms with E-state index in [4.69, 9.17) is 16.9 Å². The quantitative estimate of drug-likeness (QED) is 0.428. The van der Waals surface area contributed by atoms with Crippen molar-refractivity contribution >= 4 is 17.6 Å². The standard InChI is InChI=1S/C22H33N5O2/c1-14(23)21(28)26-22(29)19-11-18(16-5-3-2-4-6-16)13-27(19)12-15-7-9-17(10-8-15)20(24)25/h7-10,14,16,18-19H,2-6,11-13,23H2,1H3,(H3,24,25)(H,26,28,29)/t14-,18?,19-/m0/s1. The summed E-state index contributed by atoms with van der Waals surface area (Å²) in [7, 11) is 0. The molecule has 1 aliphatic heterocycles. The number of nitrogens with one attached hydrogen (secondary N) is 2. The molecule has 0 aromatic heterocycles. The minimum atomic E-state index is -0.706. The van der Waals surface area contributed by atoms with E-state index in [1.165, 1.54) is 32.1 Å². The number of amides is 2. The number of likely N-dealkylation sites (tertiary alicyclic amines) is 1. The molecule has 1 saturated heterocycles. The predicted molar refractivity (Wildman–Crippen MR) is 113 cm³/mol. The van der Waals surface area contributed by atoms with Gasteiger partial charge in [-0.25, -0.2) is 0 Å². The topological polar surface area (TPSA) is 125 Å². The Hall–Kier alpha value is -2.25. The van der Waals surface area contributed by atoms with Gasteiger partial charge >= 0.3 is 0 Å². The number of carbonyl (C=O) groups excluding carboxylic acids is 2. The van der Waals surface area contributed by atoms with Gasteiger partial charge in [-0.3, -0.25) is 25.2 Å². The summed E-state index contributed by atoms with van der Waals surface area (Å²) in [6.45, 7) is 3.08.